The predicted octanol–water partition coefficient (Wildman–Crippen LogP) is 0.682. The minimum absolute atomic E-state index is 0.0701. The molecule has 0 bridgehead atoms. The van der Waals surface area contributed by atoms with E-state index in [2.05, 4.69) is 5.32 Å². The Morgan fingerprint density at radius 2 is 1.80 bits per heavy atom. The lowest BCUT2D eigenvalue weighted by Crippen LogP contribution is -2.35. The summed E-state index contributed by atoms with van der Waals surface area (Å²) in [5.41, 5.74) is 5.97. The summed E-state index contributed by atoms with van der Waals surface area (Å²) in [5.74, 6) is -1.02. The number of amides is 2. The van der Waals surface area contributed by atoms with Gasteiger partial charge in [0.1, 0.15) is 0 Å². The molecule has 5 N–H and O–H groups in total. The van der Waals surface area contributed by atoms with Crippen LogP contribution >= 0.6 is 67.8 Å². The number of carbonyl (C=O) groups is 2. The van der Waals surface area contributed by atoms with Crippen molar-refractivity contribution in [2.75, 3.05) is 13.2 Å². The maximum atomic E-state index is 12.1. The fraction of sp³-hybridized carbons (Fsp3) is 0.273. The number of halogens is 3. The third-order valence-electron chi connectivity index (χ3n) is 2.35. The number of aliphatic hydroxyl groups excluding tert-OH is 2. The van der Waals surface area contributed by atoms with Gasteiger partial charge in [-0.2, -0.15) is 0 Å². The van der Waals surface area contributed by atoms with Crippen molar-refractivity contribution in [2.45, 2.75) is 6.10 Å². The molecule has 0 fully saturated rings. The Balaban J connectivity index is 3.15. The van der Waals surface area contributed by atoms with Crippen LogP contribution in [0.4, 0.5) is 0 Å². The van der Waals surface area contributed by atoms with Gasteiger partial charge < -0.3 is 21.3 Å². The first-order valence-electron chi connectivity index (χ1n) is 5.34. The second kappa shape index (κ2) is 8.05. The largest absolute Gasteiger partial charge is 0.394 e. The maximum absolute atomic E-state index is 12.1. The molecule has 0 aromatic heterocycles. The number of carbonyl (C=O) groups excluding carboxylic acids is 2. The normalized spacial score (nSPS) is 12.1. The van der Waals surface area contributed by atoms with Crippen LogP contribution in [-0.4, -0.2) is 41.3 Å². The smallest absolute Gasteiger partial charge is 0.253 e. The molecule has 0 aliphatic rings. The van der Waals surface area contributed by atoms with Crippen LogP contribution in [0.1, 0.15) is 20.7 Å². The Kier molecular flexibility index (Phi) is 7.37. The topological polar surface area (TPSA) is 113 Å². The molecule has 0 heterocycles. The third-order valence-corrected chi connectivity index (χ3v) is 5.13. The summed E-state index contributed by atoms with van der Waals surface area (Å²) in [4.78, 5) is 23.6. The van der Waals surface area contributed by atoms with E-state index in [9.17, 15) is 14.7 Å². The molecule has 2 amide bonds. The fourth-order valence-corrected chi connectivity index (χ4v) is 5.78. The lowest BCUT2D eigenvalue weighted by atomic mass is 10.1. The molecule has 0 aliphatic heterocycles. The second-order valence-corrected chi connectivity index (χ2v) is 7.22. The Hall–Kier alpha value is 0.270. The van der Waals surface area contributed by atoms with Gasteiger partial charge in [0.15, 0.2) is 0 Å². The van der Waals surface area contributed by atoms with Crippen LogP contribution in [0.25, 0.3) is 0 Å². The number of nitrogens with two attached hydrogens (primary N) is 1. The highest BCUT2D eigenvalue weighted by molar-refractivity contribution is 14.1. The third kappa shape index (κ3) is 4.38. The molecule has 9 heteroatoms. The number of hydrogen-bond donors (Lipinski definition) is 4. The molecule has 0 spiro atoms. The highest BCUT2D eigenvalue weighted by atomic mass is 127. The Morgan fingerprint density at radius 1 is 1.25 bits per heavy atom. The molecule has 0 unspecified atom stereocenters. The zero-order valence-corrected chi connectivity index (χ0v) is 16.5. The van der Waals surface area contributed by atoms with E-state index in [4.69, 9.17) is 10.8 Å². The van der Waals surface area contributed by atoms with Gasteiger partial charge in [0, 0.05) is 17.3 Å². The lowest BCUT2D eigenvalue weighted by molar-refractivity contribution is 0.0801. The van der Waals surface area contributed by atoms with Crippen LogP contribution in [0, 0.1) is 10.7 Å². The minimum Gasteiger partial charge on any atom is -0.394 e. The molecule has 1 aromatic rings. The molecule has 6 nitrogen and oxygen atoms in total. The van der Waals surface area contributed by atoms with Crippen molar-refractivity contribution in [1.82, 2.24) is 5.32 Å². The van der Waals surface area contributed by atoms with Crippen LogP contribution in [0.2, 0.25) is 0 Å². The van der Waals surface area contributed by atoms with Crippen LogP contribution in [0.5, 0.6) is 0 Å². The van der Waals surface area contributed by atoms with Gasteiger partial charge in [-0.05, 0) is 73.8 Å². The zero-order chi connectivity index (χ0) is 15.4. The highest BCUT2D eigenvalue weighted by Gasteiger charge is 2.22. The summed E-state index contributed by atoms with van der Waals surface area (Å²) in [7, 11) is 0. The van der Waals surface area contributed by atoms with Crippen LogP contribution < -0.4 is 11.1 Å². The van der Waals surface area contributed by atoms with E-state index >= 15 is 0 Å². The van der Waals surface area contributed by atoms with E-state index in [0.29, 0.717) is 21.8 Å². The summed E-state index contributed by atoms with van der Waals surface area (Å²) in [6.07, 6.45) is -1.02. The van der Waals surface area contributed by atoms with Gasteiger partial charge in [0.2, 0.25) is 0 Å². The molecule has 20 heavy (non-hydrogen) atoms. The molecule has 1 rings (SSSR count). The van der Waals surface area contributed by atoms with Crippen LogP contribution in [0.3, 0.4) is 0 Å². The Bertz CT molecular complexity index is 551. The lowest BCUT2D eigenvalue weighted by Gasteiger charge is -2.14. The average molecular weight is 616 g/mol. The predicted molar refractivity (Wildman–Crippen MR) is 98.5 cm³/mol. The zero-order valence-electron chi connectivity index (χ0n) is 9.99. The number of aliphatic hydroxyl groups is 2. The first-order chi connectivity index (χ1) is 9.29. The number of nitrogens with one attached hydrogen (secondary N) is 1. The van der Waals surface area contributed by atoms with Gasteiger partial charge in [0.05, 0.1) is 23.8 Å². The molecular formula is C11H11I3N2O4. The summed E-state index contributed by atoms with van der Waals surface area (Å²) in [6.45, 7) is -0.507. The molecule has 0 radical (unpaired) electrons. The first-order valence-corrected chi connectivity index (χ1v) is 8.57. The van der Waals surface area contributed by atoms with Gasteiger partial charge in [-0.3, -0.25) is 9.59 Å². The van der Waals surface area contributed by atoms with Crippen molar-refractivity contribution in [3.63, 3.8) is 0 Å². The summed E-state index contributed by atoms with van der Waals surface area (Å²) in [5, 5.41) is 20.5. The van der Waals surface area contributed by atoms with E-state index in [0.717, 1.165) is 0 Å². The van der Waals surface area contributed by atoms with Crippen molar-refractivity contribution in [2.24, 2.45) is 5.73 Å². The Morgan fingerprint density at radius 3 is 2.30 bits per heavy atom. The van der Waals surface area contributed by atoms with Gasteiger partial charge in [0.25, 0.3) is 11.8 Å². The summed E-state index contributed by atoms with van der Waals surface area (Å²) < 4.78 is 1.83. The number of hydrogen-bond acceptors (Lipinski definition) is 4. The van der Waals surface area contributed by atoms with E-state index in [-0.39, 0.29) is 6.54 Å². The number of rotatable bonds is 5. The second-order valence-electron chi connectivity index (χ2n) is 3.81. The van der Waals surface area contributed by atoms with Gasteiger partial charge >= 0.3 is 0 Å². The van der Waals surface area contributed by atoms with Crippen molar-refractivity contribution in [1.29, 1.82) is 0 Å². The Labute approximate surface area is 156 Å². The van der Waals surface area contributed by atoms with Gasteiger partial charge in [-0.15, -0.1) is 0 Å². The average Bonchev–Trinajstić information content (AvgIpc) is 2.34. The SMILES string of the molecule is NC(=O)c1c(I)cc(I)c(C(=O)NC[C@@H](O)CO)c1I. The van der Waals surface area contributed by atoms with Crippen molar-refractivity contribution in [3.05, 3.63) is 27.9 Å². The van der Waals surface area contributed by atoms with Crippen molar-refractivity contribution < 1.29 is 19.8 Å². The summed E-state index contributed by atoms with van der Waals surface area (Å²) in [6, 6.07) is 1.70. The molecule has 1 aromatic carbocycles. The van der Waals surface area contributed by atoms with Crippen LogP contribution in [-0.2, 0) is 0 Å². The van der Waals surface area contributed by atoms with E-state index in [1.807, 2.05) is 67.8 Å². The van der Waals surface area contributed by atoms with Gasteiger partial charge in [-0.1, -0.05) is 0 Å². The van der Waals surface area contributed by atoms with Gasteiger partial charge in [-0.25, -0.2) is 0 Å². The van der Waals surface area contributed by atoms with Crippen molar-refractivity contribution in [3.8, 4) is 0 Å². The first kappa shape index (κ1) is 18.3. The molecule has 0 saturated carbocycles. The number of primary amides is 1. The monoisotopic (exact) mass is 616 g/mol. The fourth-order valence-electron chi connectivity index (χ4n) is 1.39. The summed E-state index contributed by atoms with van der Waals surface area (Å²) >= 11 is 5.89. The van der Waals surface area contributed by atoms with E-state index in [1.54, 1.807) is 6.07 Å². The van der Waals surface area contributed by atoms with Crippen molar-refractivity contribution >= 4 is 79.6 Å². The highest BCUT2D eigenvalue weighted by Crippen LogP contribution is 2.27. The molecular weight excluding hydrogens is 605 g/mol. The quantitative estimate of drug-likeness (QED) is 0.365. The molecule has 0 saturated heterocycles. The number of benzene rings is 1. The molecule has 1 atom stereocenters. The standard InChI is InChI=1S/C11H11I3N2O4/c12-5-1-6(13)8(9(14)7(5)10(15)19)11(20)16-2-4(18)3-17/h1,4,17-18H,2-3H2,(H2,15,19)(H,16,20)/t4-/m1/s1. The van der Waals surface area contributed by atoms with Crippen LogP contribution in [0.15, 0.2) is 6.07 Å². The molecule has 110 valence electrons. The maximum Gasteiger partial charge on any atom is 0.253 e. The molecule has 0 aliphatic carbocycles. The van der Waals surface area contributed by atoms with E-state index < -0.39 is 24.5 Å². The minimum atomic E-state index is -1.02. The van der Waals surface area contributed by atoms with E-state index in [1.165, 1.54) is 0 Å².